The smallest absolute Gasteiger partial charge is 0.437 e. The number of unbranched alkanes of at least 4 members (excludes halogenated alkanes) is 3. The van der Waals surface area contributed by atoms with Crippen LogP contribution in [0, 0.1) is 13.8 Å². The van der Waals surface area contributed by atoms with Crippen molar-refractivity contribution in [1.29, 1.82) is 0 Å². The third-order valence-corrected chi connectivity index (χ3v) is 5.30. The largest absolute Gasteiger partial charge is 0.493 e. The molecule has 34 heavy (non-hydrogen) atoms. The van der Waals surface area contributed by atoms with E-state index in [9.17, 15) is 13.2 Å². The van der Waals surface area contributed by atoms with Gasteiger partial charge < -0.3 is 14.3 Å². The Morgan fingerprint density at radius 2 is 1.59 bits per heavy atom. The van der Waals surface area contributed by atoms with E-state index in [0.29, 0.717) is 13.2 Å². The Hall–Kier alpha value is -2.96. The van der Waals surface area contributed by atoms with Gasteiger partial charge in [0.15, 0.2) is 5.71 Å². The molecule has 0 saturated carbocycles. The molecule has 0 radical (unpaired) electrons. The van der Waals surface area contributed by atoms with Crippen molar-refractivity contribution < 1.29 is 27.5 Å². The summed E-state index contributed by atoms with van der Waals surface area (Å²) >= 11 is 0. The van der Waals surface area contributed by atoms with Crippen LogP contribution < -0.4 is 9.47 Å². The first-order chi connectivity index (χ1) is 16.3. The van der Waals surface area contributed by atoms with E-state index < -0.39 is 11.9 Å². The fourth-order valence-corrected chi connectivity index (χ4v) is 3.61. The zero-order valence-corrected chi connectivity index (χ0v) is 20.4. The van der Waals surface area contributed by atoms with Crippen LogP contribution in [0.15, 0.2) is 53.7 Å². The van der Waals surface area contributed by atoms with Crippen LogP contribution in [0.3, 0.4) is 0 Å². The molecule has 2 rings (SSSR count). The van der Waals surface area contributed by atoms with Gasteiger partial charge in [0.05, 0.1) is 6.61 Å². The summed E-state index contributed by atoms with van der Waals surface area (Å²) in [6.45, 7) is 7.21. The molecule has 4 nitrogen and oxygen atoms in total. The van der Waals surface area contributed by atoms with E-state index in [1.165, 1.54) is 12.1 Å². The Balaban J connectivity index is 1.72. The van der Waals surface area contributed by atoms with Crippen LogP contribution in [0.25, 0.3) is 0 Å². The highest BCUT2D eigenvalue weighted by atomic mass is 19.4. The predicted molar refractivity (Wildman–Crippen MR) is 130 cm³/mol. The van der Waals surface area contributed by atoms with Crippen LogP contribution in [0.1, 0.15) is 54.9 Å². The molecule has 0 amide bonds. The minimum Gasteiger partial charge on any atom is -0.493 e. The fraction of sp³-hybridized carbons (Fsp3) is 0.444. The Morgan fingerprint density at radius 1 is 0.941 bits per heavy atom. The quantitative estimate of drug-likeness (QED) is 0.131. The highest BCUT2D eigenvalue weighted by molar-refractivity contribution is 6.04. The Bertz CT molecular complexity index is 928. The van der Waals surface area contributed by atoms with Crippen molar-refractivity contribution >= 4 is 5.71 Å². The number of allylic oxidation sites excluding steroid dienone is 1. The Labute approximate surface area is 200 Å². The summed E-state index contributed by atoms with van der Waals surface area (Å²) in [5.74, 6) is 1.75. The molecule has 0 unspecified atom stereocenters. The highest BCUT2D eigenvalue weighted by Crippen LogP contribution is 2.29. The molecule has 2 aromatic carbocycles. The molecule has 0 saturated heterocycles. The van der Waals surface area contributed by atoms with E-state index in [-0.39, 0.29) is 5.56 Å². The molecule has 0 fully saturated rings. The molecular formula is C27H34F3NO3. The van der Waals surface area contributed by atoms with Gasteiger partial charge in [-0.1, -0.05) is 54.4 Å². The molecule has 186 valence electrons. The summed E-state index contributed by atoms with van der Waals surface area (Å²) in [5.41, 5.74) is 2.09. The fourth-order valence-electron chi connectivity index (χ4n) is 3.61. The molecule has 0 aliphatic heterocycles. The van der Waals surface area contributed by atoms with Gasteiger partial charge in [-0.3, -0.25) is 0 Å². The number of hydrogen-bond donors (Lipinski definition) is 0. The second-order valence-corrected chi connectivity index (χ2v) is 8.10. The van der Waals surface area contributed by atoms with E-state index in [1.807, 2.05) is 45.1 Å². The first kappa shape index (κ1) is 27.3. The maximum absolute atomic E-state index is 13.0. The van der Waals surface area contributed by atoms with Crippen LogP contribution in [0.2, 0.25) is 0 Å². The van der Waals surface area contributed by atoms with Crippen LogP contribution >= 0.6 is 0 Å². The van der Waals surface area contributed by atoms with E-state index in [2.05, 4.69) is 9.99 Å². The number of aryl methyl sites for hydroxylation is 3. The monoisotopic (exact) mass is 477 g/mol. The molecule has 0 spiro atoms. The SMILES string of the molecule is C/C=C/COc1cc(C)c(OCCCCCCc2ccc(/C(=N/OC)C(F)(F)F)cc2)c(C)c1. The lowest BCUT2D eigenvalue weighted by Crippen LogP contribution is -2.24. The summed E-state index contributed by atoms with van der Waals surface area (Å²) in [4.78, 5) is 4.34. The summed E-state index contributed by atoms with van der Waals surface area (Å²) in [6.07, 6.45) is 4.15. The van der Waals surface area contributed by atoms with Crippen molar-refractivity contribution in [3.05, 3.63) is 70.8 Å². The molecule has 0 atom stereocenters. The summed E-state index contributed by atoms with van der Waals surface area (Å²) in [7, 11) is 1.10. The van der Waals surface area contributed by atoms with Gasteiger partial charge in [0.2, 0.25) is 0 Å². The normalized spacial score (nSPS) is 12.3. The van der Waals surface area contributed by atoms with Gasteiger partial charge in [-0.05, 0) is 68.9 Å². The van der Waals surface area contributed by atoms with Crippen LogP contribution in [0.4, 0.5) is 13.2 Å². The Kier molecular flexibility index (Phi) is 11.0. The third kappa shape index (κ3) is 8.76. The van der Waals surface area contributed by atoms with Crippen molar-refractivity contribution in [2.45, 2.75) is 59.1 Å². The molecule has 0 heterocycles. The Morgan fingerprint density at radius 3 is 2.18 bits per heavy atom. The summed E-state index contributed by atoms with van der Waals surface area (Å²) in [6, 6.07) is 10.3. The number of oxime groups is 1. The lowest BCUT2D eigenvalue weighted by molar-refractivity contribution is -0.0608. The molecule has 0 N–H and O–H groups in total. The number of rotatable bonds is 13. The van der Waals surface area contributed by atoms with Crippen molar-refractivity contribution in [2.24, 2.45) is 5.16 Å². The maximum atomic E-state index is 13.0. The highest BCUT2D eigenvalue weighted by Gasteiger charge is 2.37. The average molecular weight is 478 g/mol. The zero-order valence-electron chi connectivity index (χ0n) is 20.4. The van der Waals surface area contributed by atoms with Crippen LogP contribution in [0.5, 0.6) is 11.5 Å². The van der Waals surface area contributed by atoms with Crippen molar-refractivity contribution in [3.8, 4) is 11.5 Å². The van der Waals surface area contributed by atoms with Gasteiger partial charge in [-0.15, -0.1) is 0 Å². The number of alkyl halides is 3. The molecular weight excluding hydrogens is 443 g/mol. The van der Waals surface area contributed by atoms with Crippen molar-refractivity contribution in [3.63, 3.8) is 0 Å². The minimum absolute atomic E-state index is 0.00164. The number of halogens is 3. The van der Waals surface area contributed by atoms with Gasteiger partial charge in [-0.2, -0.15) is 13.2 Å². The van der Waals surface area contributed by atoms with Crippen LogP contribution in [-0.2, 0) is 11.3 Å². The summed E-state index contributed by atoms with van der Waals surface area (Å²) in [5, 5.41) is 3.12. The zero-order chi connectivity index (χ0) is 25.0. The molecule has 0 bridgehead atoms. The number of hydrogen-bond acceptors (Lipinski definition) is 4. The first-order valence-corrected chi connectivity index (χ1v) is 11.5. The van der Waals surface area contributed by atoms with E-state index in [1.54, 1.807) is 12.1 Å². The molecule has 0 aliphatic rings. The number of nitrogens with zero attached hydrogens (tertiary/aromatic N) is 1. The van der Waals surface area contributed by atoms with Gasteiger partial charge >= 0.3 is 6.18 Å². The van der Waals surface area contributed by atoms with Gasteiger partial charge in [-0.25, -0.2) is 0 Å². The lowest BCUT2D eigenvalue weighted by atomic mass is 10.0. The first-order valence-electron chi connectivity index (χ1n) is 11.5. The third-order valence-electron chi connectivity index (χ3n) is 5.30. The summed E-state index contributed by atoms with van der Waals surface area (Å²) < 4.78 is 50.8. The van der Waals surface area contributed by atoms with Crippen molar-refractivity contribution in [1.82, 2.24) is 0 Å². The van der Waals surface area contributed by atoms with Gasteiger partial charge in [0, 0.05) is 5.56 Å². The van der Waals surface area contributed by atoms with Gasteiger partial charge in [0.1, 0.15) is 25.2 Å². The average Bonchev–Trinajstić information content (AvgIpc) is 2.78. The minimum atomic E-state index is -4.56. The second-order valence-electron chi connectivity index (χ2n) is 8.10. The number of ether oxygens (including phenoxy) is 2. The van der Waals surface area contributed by atoms with Crippen LogP contribution in [-0.4, -0.2) is 32.2 Å². The standard InChI is InChI=1S/C27H34F3NO3/c1-5-6-16-33-24-18-20(2)25(21(3)19-24)34-17-10-8-7-9-11-22-12-14-23(15-13-22)26(31-32-4)27(28,29)30/h5-6,12-15,18-19H,7-11,16-17H2,1-4H3/b6-5+,31-26-. The lowest BCUT2D eigenvalue weighted by Gasteiger charge is -2.14. The molecule has 0 aromatic heterocycles. The maximum Gasteiger partial charge on any atom is 0.437 e. The van der Waals surface area contributed by atoms with E-state index >= 15 is 0 Å². The van der Waals surface area contributed by atoms with E-state index in [0.717, 1.165) is 67.4 Å². The van der Waals surface area contributed by atoms with Gasteiger partial charge in [0.25, 0.3) is 0 Å². The molecule has 0 aliphatic carbocycles. The van der Waals surface area contributed by atoms with E-state index in [4.69, 9.17) is 9.47 Å². The second kappa shape index (κ2) is 13.7. The predicted octanol–water partition coefficient (Wildman–Crippen LogP) is 7.35. The number of benzene rings is 2. The topological polar surface area (TPSA) is 40.0 Å². The molecule has 7 heteroatoms. The van der Waals surface area contributed by atoms with Crippen molar-refractivity contribution in [2.75, 3.05) is 20.3 Å². The molecule has 2 aromatic rings.